The Morgan fingerprint density at radius 2 is 0.900 bits per heavy atom. The maximum atomic E-state index is 13.2. The number of aliphatic hydroxyl groups excluding tert-OH is 8. The lowest BCUT2D eigenvalue weighted by atomic mass is 9.97. The third kappa shape index (κ3) is 28.8. The van der Waals surface area contributed by atoms with Crippen LogP contribution in [0.5, 0.6) is 0 Å². The molecule has 70 heavy (non-hydrogen) atoms. The van der Waals surface area contributed by atoms with Gasteiger partial charge in [-0.1, -0.05) is 205 Å². The van der Waals surface area contributed by atoms with Crippen molar-refractivity contribution in [1.29, 1.82) is 0 Å². The predicted octanol–water partition coefficient (Wildman–Crippen LogP) is 8.89. The number of carbonyl (C=O) groups is 1. The largest absolute Gasteiger partial charge is 0.394 e. The van der Waals surface area contributed by atoms with Crippen LogP contribution >= 0.6 is 0 Å². The number of nitrogens with one attached hydrogen (secondary N) is 1. The molecule has 2 saturated heterocycles. The van der Waals surface area contributed by atoms with Crippen LogP contribution in [0.4, 0.5) is 0 Å². The molecule has 2 aliphatic rings. The molecule has 2 fully saturated rings. The highest BCUT2D eigenvalue weighted by Crippen LogP contribution is 2.30. The summed E-state index contributed by atoms with van der Waals surface area (Å²) in [6, 6.07) is -0.911. The van der Waals surface area contributed by atoms with E-state index in [0.29, 0.717) is 6.42 Å². The van der Waals surface area contributed by atoms with Crippen molar-refractivity contribution in [2.24, 2.45) is 0 Å². The molecule has 0 spiro atoms. The van der Waals surface area contributed by atoms with Gasteiger partial charge in [-0.15, -0.1) is 0 Å². The van der Waals surface area contributed by atoms with E-state index in [0.717, 1.165) is 38.5 Å². The number of unbranched alkanes of at least 4 members (excludes halogenated alkanes) is 30. The smallest absolute Gasteiger partial charge is 0.220 e. The Morgan fingerprint density at radius 1 is 0.500 bits per heavy atom. The van der Waals surface area contributed by atoms with Gasteiger partial charge in [-0.3, -0.25) is 4.79 Å². The van der Waals surface area contributed by atoms with Crippen LogP contribution in [-0.2, 0) is 23.7 Å². The van der Waals surface area contributed by atoms with E-state index in [9.17, 15) is 45.6 Å². The number of hydrogen-bond acceptors (Lipinski definition) is 13. The molecule has 0 saturated carbocycles. The van der Waals surface area contributed by atoms with Gasteiger partial charge in [0.15, 0.2) is 12.6 Å². The van der Waals surface area contributed by atoms with E-state index in [1.54, 1.807) is 6.08 Å². The molecule has 2 rings (SSSR count). The molecule has 412 valence electrons. The predicted molar refractivity (Wildman–Crippen MR) is 277 cm³/mol. The number of carbonyl (C=O) groups excluding carboxylic acids is 1. The fourth-order valence-electron chi connectivity index (χ4n) is 9.46. The van der Waals surface area contributed by atoms with E-state index in [1.165, 1.54) is 167 Å². The quantitative estimate of drug-likeness (QED) is 0.0205. The van der Waals surface area contributed by atoms with E-state index in [-0.39, 0.29) is 18.9 Å². The zero-order valence-corrected chi connectivity index (χ0v) is 44.0. The van der Waals surface area contributed by atoms with E-state index in [2.05, 4.69) is 31.3 Å². The van der Waals surface area contributed by atoms with Crippen LogP contribution in [0.3, 0.4) is 0 Å². The first-order valence-corrected chi connectivity index (χ1v) is 28.6. The van der Waals surface area contributed by atoms with Gasteiger partial charge in [-0.2, -0.15) is 0 Å². The summed E-state index contributed by atoms with van der Waals surface area (Å²) in [4.78, 5) is 13.2. The summed E-state index contributed by atoms with van der Waals surface area (Å²) in [6.45, 7) is 2.79. The van der Waals surface area contributed by atoms with E-state index in [1.807, 2.05) is 6.08 Å². The monoisotopic (exact) mass is 1000 g/mol. The van der Waals surface area contributed by atoms with Gasteiger partial charge in [0.05, 0.1) is 32.0 Å². The number of ether oxygens (including phenoxy) is 4. The zero-order valence-electron chi connectivity index (χ0n) is 44.0. The second-order valence-corrected chi connectivity index (χ2v) is 20.4. The minimum Gasteiger partial charge on any atom is -0.394 e. The molecule has 0 aromatic rings. The molecular weight excluding hydrogens is 895 g/mol. The van der Waals surface area contributed by atoms with Crippen LogP contribution in [-0.4, -0.2) is 140 Å². The first-order chi connectivity index (χ1) is 34.1. The average molecular weight is 1000 g/mol. The molecule has 0 aromatic carbocycles. The molecule has 12 atom stereocenters. The number of allylic oxidation sites excluding steroid dienone is 3. The molecule has 0 radical (unpaired) electrons. The van der Waals surface area contributed by atoms with Crippen molar-refractivity contribution < 1.29 is 64.6 Å². The van der Waals surface area contributed by atoms with E-state index >= 15 is 0 Å². The third-order valence-electron chi connectivity index (χ3n) is 14.1. The molecule has 2 heterocycles. The fourth-order valence-corrected chi connectivity index (χ4v) is 9.46. The number of hydrogen-bond donors (Lipinski definition) is 9. The summed E-state index contributed by atoms with van der Waals surface area (Å²) >= 11 is 0. The normalized spacial score (nSPS) is 26.1. The van der Waals surface area contributed by atoms with Crippen LogP contribution < -0.4 is 5.32 Å². The van der Waals surface area contributed by atoms with Gasteiger partial charge < -0.3 is 65.1 Å². The Labute approximate surface area is 424 Å². The van der Waals surface area contributed by atoms with Crippen molar-refractivity contribution in [1.82, 2.24) is 5.32 Å². The van der Waals surface area contributed by atoms with Gasteiger partial charge >= 0.3 is 0 Å². The Morgan fingerprint density at radius 3 is 1.36 bits per heavy atom. The fraction of sp³-hybridized carbons (Fsp3) is 0.911. The average Bonchev–Trinajstić information content (AvgIpc) is 3.36. The third-order valence-corrected chi connectivity index (χ3v) is 14.1. The van der Waals surface area contributed by atoms with Gasteiger partial charge in [-0.25, -0.2) is 0 Å². The van der Waals surface area contributed by atoms with E-state index in [4.69, 9.17) is 18.9 Å². The Balaban J connectivity index is 1.75. The van der Waals surface area contributed by atoms with Crippen LogP contribution in [0.2, 0.25) is 0 Å². The van der Waals surface area contributed by atoms with Gasteiger partial charge in [-0.05, 0) is 44.9 Å². The van der Waals surface area contributed by atoms with Gasteiger partial charge in [0.1, 0.15) is 48.8 Å². The molecule has 14 heteroatoms. The summed E-state index contributed by atoms with van der Waals surface area (Å²) in [5.41, 5.74) is 0. The zero-order chi connectivity index (χ0) is 51.0. The minimum absolute atomic E-state index is 0.238. The van der Waals surface area contributed by atoms with Crippen molar-refractivity contribution >= 4 is 5.91 Å². The minimum atomic E-state index is -1.79. The summed E-state index contributed by atoms with van der Waals surface area (Å²) < 4.78 is 22.7. The van der Waals surface area contributed by atoms with Crippen molar-refractivity contribution in [3.8, 4) is 0 Å². The number of aliphatic hydroxyl groups is 8. The molecular formula is C56H105NO13. The van der Waals surface area contributed by atoms with Gasteiger partial charge in [0.25, 0.3) is 0 Å². The standard InChI is InChI=1S/C56H105NO13/c1-3-5-7-9-11-13-15-17-18-19-20-21-22-23-24-25-26-28-30-32-34-36-38-40-48(61)57-44(45(60)39-37-35-33-31-29-27-16-14-12-10-8-6-4-2)43-67-55-53(66)51(64)54(47(42-59)69-55)70-56-52(65)50(63)49(62)46(41-58)68-56/h17-18,37,39,44-47,49-56,58-60,62-66H,3-16,19-36,38,40-43H2,1-2H3,(H,57,61)/b18-17-,39-37-/t44?,45?,46-,47-,49+,50+,51-,52-,53-,54+,55-,56-/m1/s1. The molecule has 0 bridgehead atoms. The van der Waals surface area contributed by atoms with Gasteiger partial charge in [0.2, 0.25) is 5.91 Å². The molecule has 2 aliphatic heterocycles. The molecule has 0 aromatic heterocycles. The summed E-state index contributed by atoms with van der Waals surface area (Å²) in [5, 5.41) is 86.9. The Kier molecular flexibility index (Phi) is 39.5. The number of rotatable bonds is 45. The molecule has 9 N–H and O–H groups in total. The highest BCUT2D eigenvalue weighted by Gasteiger charge is 2.51. The summed E-state index contributed by atoms with van der Waals surface area (Å²) in [7, 11) is 0. The first-order valence-electron chi connectivity index (χ1n) is 28.6. The highest BCUT2D eigenvalue weighted by atomic mass is 16.7. The highest BCUT2D eigenvalue weighted by molar-refractivity contribution is 5.76. The number of amides is 1. The Bertz CT molecular complexity index is 1270. The SMILES string of the molecule is CCCCCCCC/C=C\CCCCCCCCCCCCCCCC(=O)NC(CO[C@@H]1O[C@H](CO)[C@H](O[C@H]2O[C@H](CO)[C@H](O)[C@H](O)[C@H]2O)[C@H](O)[C@H]1O)C(O)/C=C\CCCCCCCCCCCCC. The molecule has 0 aliphatic carbocycles. The summed E-state index contributed by atoms with van der Waals surface area (Å²) in [6.07, 6.45) is 32.2. The van der Waals surface area contributed by atoms with Crippen LogP contribution in [0.25, 0.3) is 0 Å². The molecule has 2 unspecified atom stereocenters. The van der Waals surface area contributed by atoms with Crippen molar-refractivity contribution in [2.45, 2.75) is 306 Å². The molecule has 14 nitrogen and oxygen atoms in total. The first kappa shape index (κ1) is 64.6. The van der Waals surface area contributed by atoms with Crippen molar-refractivity contribution in [2.75, 3.05) is 19.8 Å². The van der Waals surface area contributed by atoms with E-state index < -0.39 is 86.8 Å². The Hall–Kier alpha value is -1.53. The topological polar surface area (TPSA) is 228 Å². The lowest BCUT2D eigenvalue weighted by molar-refractivity contribution is -0.359. The van der Waals surface area contributed by atoms with Crippen molar-refractivity contribution in [3.63, 3.8) is 0 Å². The molecule has 1 amide bonds. The second-order valence-electron chi connectivity index (χ2n) is 20.4. The second kappa shape index (κ2) is 42.8. The van der Waals surface area contributed by atoms with Crippen molar-refractivity contribution in [3.05, 3.63) is 24.3 Å². The van der Waals surface area contributed by atoms with Crippen LogP contribution in [0, 0.1) is 0 Å². The van der Waals surface area contributed by atoms with Crippen LogP contribution in [0.1, 0.15) is 232 Å². The van der Waals surface area contributed by atoms with Crippen LogP contribution in [0.15, 0.2) is 24.3 Å². The van der Waals surface area contributed by atoms with Gasteiger partial charge in [0, 0.05) is 6.42 Å². The lowest BCUT2D eigenvalue weighted by Gasteiger charge is -2.46. The lowest BCUT2D eigenvalue weighted by Crippen LogP contribution is -2.65. The maximum Gasteiger partial charge on any atom is 0.220 e. The summed E-state index contributed by atoms with van der Waals surface area (Å²) in [5.74, 6) is -0.238. The maximum absolute atomic E-state index is 13.2.